The number of nitrogens with one attached hydrogen (secondary N) is 1. The quantitative estimate of drug-likeness (QED) is 0.601. The standard InChI is InChI=1S/C13H19N3O4.C2H5NO/c1-5-10(6-2)14-12-11(15(17)18)7-8(3)9(4)13(12)16(19)20;1-2(3)4/h7,10,14H,5-6H2,1-4H3;1H3,(H2,3,4). The molecule has 134 valence electrons. The highest BCUT2D eigenvalue weighted by atomic mass is 16.6. The maximum absolute atomic E-state index is 11.3. The molecule has 0 radical (unpaired) electrons. The van der Waals surface area contributed by atoms with Gasteiger partial charge in [-0.05, 0) is 32.3 Å². The Morgan fingerprint density at radius 1 is 1.21 bits per heavy atom. The van der Waals surface area contributed by atoms with Crippen LogP contribution in [0.15, 0.2) is 6.07 Å². The van der Waals surface area contributed by atoms with Gasteiger partial charge in [0.05, 0.1) is 9.85 Å². The minimum atomic E-state index is -0.579. The Balaban J connectivity index is 0.00000118. The van der Waals surface area contributed by atoms with Crippen molar-refractivity contribution in [2.45, 2.75) is 53.5 Å². The second-order valence-electron chi connectivity index (χ2n) is 5.34. The van der Waals surface area contributed by atoms with Crippen molar-refractivity contribution in [3.05, 3.63) is 37.4 Å². The van der Waals surface area contributed by atoms with Crippen LogP contribution in [0.5, 0.6) is 0 Å². The number of rotatable bonds is 6. The average molecular weight is 340 g/mol. The lowest BCUT2D eigenvalue weighted by Crippen LogP contribution is -2.19. The van der Waals surface area contributed by atoms with Gasteiger partial charge in [-0.2, -0.15) is 0 Å². The molecule has 0 heterocycles. The zero-order chi connectivity index (χ0) is 19.0. The first-order valence-corrected chi connectivity index (χ1v) is 7.52. The molecule has 1 rings (SSSR count). The molecule has 0 aromatic heterocycles. The zero-order valence-corrected chi connectivity index (χ0v) is 14.6. The number of hydrogen-bond acceptors (Lipinski definition) is 6. The van der Waals surface area contributed by atoms with E-state index in [1.807, 2.05) is 13.8 Å². The van der Waals surface area contributed by atoms with Gasteiger partial charge in [-0.15, -0.1) is 0 Å². The van der Waals surface area contributed by atoms with Crippen LogP contribution in [-0.4, -0.2) is 21.8 Å². The summed E-state index contributed by atoms with van der Waals surface area (Å²) in [7, 11) is 0. The number of carbonyl (C=O) groups is 1. The van der Waals surface area contributed by atoms with E-state index in [9.17, 15) is 25.0 Å². The van der Waals surface area contributed by atoms with E-state index in [0.717, 1.165) is 12.8 Å². The largest absolute Gasteiger partial charge is 0.371 e. The molecule has 24 heavy (non-hydrogen) atoms. The van der Waals surface area contributed by atoms with Crippen molar-refractivity contribution in [1.82, 2.24) is 0 Å². The van der Waals surface area contributed by atoms with Crippen LogP contribution in [0.1, 0.15) is 44.7 Å². The monoisotopic (exact) mass is 340 g/mol. The molecule has 0 saturated carbocycles. The van der Waals surface area contributed by atoms with Gasteiger partial charge in [0, 0.05) is 24.6 Å². The van der Waals surface area contributed by atoms with E-state index in [4.69, 9.17) is 0 Å². The first-order chi connectivity index (χ1) is 11.1. The Labute approximate surface area is 140 Å². The average Bonchev–Trinajstić information content (AvgIpc) is 2.46. The first-order valence-electron chi connectivity index (χ1n) is 7.52. The van der Waals surface area contributed by atoms with Gasteiger partial charge in [-0.3, -0.25) is 25.0 Å². The van der Waals surface area contributed by atoms with E-state index in [-0.39, 0.29) is 29.0 Å². The molecule has 0 unspecified atom stereocenters. The van der Waals surface area contributed by atoms with Crippen LogP contribution >= 0.6 is 0 Å². The van der Waals surface area contributed by atoms with Crippen LogP contribution < -0.4 is 11.1 Å². The highest BCUT2D eigenvalue weighted by Crippen LogP contribution is 2.39. The maximum atomic E-state index is 11.3. The number of hydrogen-bond donors (Lipinski definition) is 2. The molecule has 0 aliphatic rings. The van der Waals surface area contributed by atoms with E-state index in [0.29, 0.717) is 11.1 Å². The number of nitro groups is 2. The summed E-state index contributed by atoms with van der Waals surface area (Å²) in [5, 5.41) is 25.4. The Morgan fingerprint density at radius 2 is 1.67 bits per heavy atom. The molecule has 0 fully saturated rings. The predicted octanol–water partition coefficient (Wildman–Crippen LogP) is 3.21. The zero-order valence-electron chi connectivity index (χ0n) is 14.6. The number of benzene rings is 1. The number of nitro benzene ring substituents is 2. The van der Waals surface area contributed by atoms with Crippen LogP contribution in [-0.2, 0) is 4.79 Å². The fraction of sp³-hybridized carbons (Fsp3) is 0.533. The van der Waals surface area contributed by atoms with Crippen molar-refractivity contribution in [2.75, 3.05) is 5.32 Å². The summed E-state index contributed by atoms with van der Waals surface area (Å²) in [4.78, 5) is 30.5. The van der Waals surface area contributed by atoms with Gasteiger partial charge < -0.3 is 11.1 Å². The Hall–Kier alpha value is -2.71. The van der Waals surface area contributed by atoms with Gasteiger partial charge >= 0.3 is 5.69 Å². The number of amides is 1. The number of aryl methyl sites for hydroxylation is 1. The highest BCUT2D eigenvalue weighted by molar-refractivity contribution is 5.78. The van der Waals surface area contributed by atoms with Crippen molar-refractivity contribution in [3.63, 3.8) is 0 Å². The Morgan fingerprint density at radius 3 is 2.00 bits per heavy atom. The fourth-order valence-electron chi connectivity index (χ4n) is 2.09. The van der Waals surface area contributed by atoms with Crippen molar-refractivity contribution in [1.29, 1.82) is 0 Å². The van der Waals surface area contributed by atoms with Crippen molar-refractivity contribution < 1.29 is 14.6 Å². The van der Waals surface area contributed by atoms with Gasteiger partial charge in [0.25, 0.3) is 5.69 Å². The van der Waals surface area contributed by atoms with Gasteiger partial charge in [-0.25, -0.2) is 0 Å². The van der Waals surface area contributed by atoms with Gasteiger partial charge in [0.15, 0.2) is 5.69 Å². The Kier molecular flexibility index (Phi) is 8.37. The van der Waals surface area contributed by atoms with Crippen molar-refractivity contribution >= 4 is 23.0 Å². The minimum absolute atomic E-state index is 0.0109. The van der Waals surface area contributed by atoms with E-state index >= 15 is 0 Å². The molecule has 3 N–H and O–H groups in total. The normalized spacial score (nSPS) is 9.92. The number of carbonyl (C=O) groups excluding carboxylic acids is 1. The summed E-state index contributed by atoms with van der Waals surface area (Å²) in [6.07, 6.45) is 1.47. The third kappa shape index (κ3) is 5.82. The second-order valence-corrected chi connectivity index (χ2v) is 5.34. The molecular formula is C15H24N4O5. The molecule has 0 atom stereocenters. The SMILES string of the molecule is CC(N)=O.CCC(CC)Nc1c([N+](=O)[O-])cc(C)c(C)c1[N+](=O)[O-]. The van der Waals surface area contributed by atoms with Crippen LogP contribution in [0.3, 0.4) is 0 Å². The summed E-state index contributed by atoms with van der Waals surface area (Å²) < 4.78 is 0. The van der Waals surface area contributed by atoms with Crippen LogP contribution in [0, 0.1) is 34.1 Å². The van der Waals surface area contributed by atoms with Gasteiger partial charge in [-0.1, -0.05) is 13.8 Å². The Bertz CT molecular complexity index is 623. The number of nitrogens with two attached hydrogens (primary N) is 1. The predicted molar refractivity (Wildman–Crippen MR) is 92.1 cm³/mol. The smallest absolute Gasteiger partial charge is 0.302 e. The van der Waals surface area contributed by atoms with Crippen LogP contribution in [0.2, 0.25) is 0 Å². The molecule has 0 spiro atoms. The number of nitrogens with zero attached hydrogens (tertiary/aromatic N) is 2. The molecule has 0 bridgehead atoms. The van der Waals surface area contributed by atoms with E-state index in [1.165, 1.54) is 13.0 Å². The first kappa shape index (κ1) is 21.3. The van der Waals surface area contributed by atoms with Crippen LogP contribution in [0.25, 0.3) is 0 Å². The van der Waals surface area contributed by atoms with Crippen molar-refractivity contribution in [3.8, 4) is 0 Å². The topological polar surface area (TPSA) is 141 Å². The summed E-state index contributed by atoms with van der Waals surface area (Å²) in [5.74, 6) is -0.333. The maximum Gasteiger partial charge on any atom is 0.302 e. The van der Waals surface area contributed by atoms with Crippen molar-refractivity contribution in [2.24, 2.45) is 5.73 Å². The lowest BCUT2D eigenvalue weighted by Gasteiger charge is -2.17. The number of primary amides is 1. The second kappa shape index (κ2) is 9.43. The molecule has 1 aromatic rings. The van der Waals surface area contributed by atoms with E-state index < -0.39 is 9.85 Å². The molecule has 0 aliphatic carbocycles. The van der Waals surface area contributed by atoms with Gasteiger partial charge in [0.1, 0.15) is 0 Å². The highest BCUT2D eigenvalue weighted by Gasteiger charge is 2.30. The summed E-state index contributed by atoms with van der Waals surface area (Å²) in [5.41, 5.74) is 5.03. The summed E-state index contributed by atoms with van der Waals surface area (Å²) in [6, 6.07) is 1.35. The third-order valence-electron chi connectivity index (χ3n) is 3.51. The van der Waals surface area contributed by atoms with E-state index in [1.54, 1.807) is 13.8 Å². The lowest BCUT2D eigenvalue weighted by molar-refractivity contribution is -0.392. The molecule has 9 heteroatoms. The van der Waals surface area contributed by atoms with E-state index in [2.05, 4.69) is 11.1 Å². The minimum Gasteiger partial charge on any atom is -0.371 e. The summed E-state index contributed by atoms with van der Waals surface area (Å²) in [6.45, 7) is 8.41. The lowest BCUT2D eigenvalue weighted by atomic mass is 10.0. The fourth-order valence-corrected chi connectivity index (χ4v) is 2.09. The molecule has 0 saturated heterocycles. The van der Waals surface area contributed by atoms with Crippen LogP contribution in [0.4, 0.5) is 17.1 Å². The molecule has 0 aliphatic heterocycles. The molecular weight excluding hydrogens is 316 g/mol. The molecule has 1 amide bonds. The molecule has 9 nitrogen and oxygen atoms in total. The molecule has 1 aromatic carbocycles. The summed E-state index contributed by atoms with van der Waals surface area (Å²) >= 11 is 0. The third-order valence-corrected chi connectivity index (χ3v) is 3.51. The van der Waals surface area contributed by atoms with Gasteiger partial charge in [0.2, 0.25) is 5.91 Å². The number of anilines is 1.